The lowest BCUT2D eigenvalue weighted by molar-refractivity contribution is 0.0652. The molecular formula is C12H27NO. The number of hydrogen-bond acceptors (Lipinski definition) is 2. The Kier molecular flexibility index (Phi) is 7.20. The van der Waals surface area contributed by atoms with Crippen molar-refractivity contribution in [1.29, 1.82) is 0 Å². The Labute approximate surface area is 88.9 Å². The van der Waals surface area contributed by atoms with Crippen molar-refractivity contribution in [3.63, 3.8) is 0 Å². The van der Waals surface area contributed by atoms with Gasteiger partial charge in [0, 0.05) is 6.04 Å². The Hall–Kier alpha value is -0.0800. The fraction of sp³-hybridized carbons (Fsp3) is 1.00. The van der Waals surface area contributed by atoms with E-state index < -0.39 is 0 Å². The normalized spacial score (nSPS) is 20.1. The Morgan fingerprint density at radius 2 is 1.43 bits per heavy atom. The van der Waals surface area contributed by atoms with Gasteiger partial charge in [0.2, 0.25) is 0 Å². The van der Waals surface area contributed by atoms with Gasteiger partial charge in [-0.25, -0.2) is 0 Å². The SMILES string of the molecule is CCC[C@@H](C)[C@H](O)C(N)[C@@H](C)CCC. The van der Waals surface area contributed by atoms with E-state index in [1.54, 1.807) is 0 Å². The first-order chi connectivity index (χ1) is 6.54. The maximum absolute atomic E-state index is 9.99. The maximum atomic E-state index is 9.99. The summed E-state index contributed by atoms with van der Waals surface area (Å²) in [7, 11) is 0. The molecule has 0 aromatic carbocycles. The van der Waals surface area contributed by atoms with Crippen LogP contribution in [0, 0.1) is 11.8 Å². The van der Waals surface area contributed by atoms with Gasteiger partial charge in [-0.1, -0.05) is 40.5 Å². The minimum absolute atomic E-state index is 0.0588. The third kappa shape index (κ3) is 4.43. The summed E-state index contributed by atoms with van der Waals surface area (Å²) in [6.45, 7) is 8.53. The first-order valence-corrected chi connectivity index (χ1v) is 5.98. The Morgan fingerprint density at radius 3 is 1.86 bits per heavy atom. The van der Waals surface area contributed by atoms with Crippen molar-refractivity contribution >= 4 is 0 Å². The van der Waals surface area contributed by atoms with Crippen molar-refractivity contribution in [2.24, 2.45) is 17.6 Å². The Bertz CT molecular complexity index is 122. The quantitative estimate of drug-likeness (QED) is 0.665. The molecule has 2 nitrogen and oxygen atoms in total. The predicted octanol–water partition coefficient (Wildman–Crippen LogP) is 2.55. The molecule has 0 heterocycles. The highest BCUT2D eigenvalue weighted by atomic mass is 16.3. The van der Waals surface area contributed by atoms with Gasteiger partial charge >= 0.3 is 0 Å². The lowest BCUT2D eigenvalue weighted by Crippen LogP contribution is -2.43. The van der Waals surface area contributed by atoms with E-state index >= 15 is 0 Å². The lowest BCUT2D eigenvalue weighted by Gasteiger charge is -2.29. The molecule has 3 N–H and O–H groups in total. The molecule has 2 heteroatoms. The summed E-state index contributed by atoms with van der Waals surface area (Å²) < 4.78 is 0. The second kappa shape index (κ2) is 7.24. The average molecular weight is 201 g/mol. The third-order valence-corrected chi connectivity index (χ3v) is 3.12. The van der Waals surface area contributed by atoms with Crippen LogP contribution in [-0.4, -0.2) is 17.3 Å². The molecule has 0 fully saturated rings. The molecular weight excluding hydrogens is 174 g/mol. The molecule has 0 aromatic heterocycles. The molecule has 4 atom stereocenters. The molecule has 0 aromatic rings. The van der Waals surface area contributed by atoms with Crippen LogP contribution in [-0.2, 0) is 0 Å². The van der Waals surface area contributed by atoms with Crippen molar-refractivity contribution in [2.75, 3.05) is 0 Å². The topological polar surface area (TPSA) is 46.2 Å². The van der Waals surface area contributed by atoms with Gasteiger partial charge in [-0.2, -0.15) is 0 Å². The van der Waals surface area contributed by atoms with Crippen LogP contribution in [0.15, 0.2) is 0 Å². The molecule has 0 saturated carbocycles. The van der Waals surface area contributed by atoms with Crippen LogP contribution in [0.5, 0.6) is 0 Å². The van der Waals surface area contributed by atoms with Gasteiger partial charge < -0.3 is 10.8 Å². The predicted molar refractivity (Wildman–Crippen MR) is 62.1 cm³/mol. The van der Waals surface area contributed by atoms with E-state index in [1.165, 1.54) is 0 Å². The van der Waals surface area contributed by atoms with Gasteiger partial charge in [-0.3, -0.25) is 0 Å². The number of aliphatic hydroxyl groups excluding tert-OH is 1. The Morgan fingerprint density at radius 1 is 1.00 bits per heavy atom. The van der Waals surface area contributed by atoms with E-state index in [1.807, 2.05) is 0 Å². The molecule has 14 heavy (non-hydrogen) atoms. The number of hydrogen-bond donors (Lipinski definition) is 2. The first-order valence-electron chi connectivity index (χ1n) is 5.98. The van der Waals surface area contributed by atoms with Crippen LogP contribution in [0.2, 0.25) is 0 Å². The average Bonchev–Trinajstić information content (AvgIpc) is 2.16. The lowest BCUT2D eigenvalue weighted by atomic mass is 9.86. The van der Waals surface area contributed by atoms with Gasteiger partial charge in [0.05, 0.1) is 6.10 Å². The molecule has 0 amide bonds. The molecule has 0 rings (SSSR count). The smallest absolute Gasteiger partial charge is 0.0719 e. The first kappa shape index (κ1) is 13.9. The van der Waals surface area contributed by atoms with Crippen molar-refractivity contribution in [3.8, 4) is 0 Å². The molecule has 0 bridgehead atoms. The van der Waals surface area contributed by atoms with E-state index in [-0.39, 0.29) is 12.1 Å². The van der Waals surface area contributed by atoms with Crippen molar-refractivity contribution in [2.45, 2.75) is 65.5 Å². The van der Waals surface area contributed by atoms with Gasteiger partial charge in [0.1, 0.15) is 0 Å². The molecule has 0 saturated heterocycles. The maximum Gasteiger partial charge on any atom is 0.0719 e. The highest BCUT2D eigenvalue weighted by Gasteiger charge is 2.24. The number of rotatable bonds is 7. The highest BCUT2D eigenvalue weighted by molar-refractivity contribution is 4.80. The second-order valence-electron chi connectivity index (χ2n) is 4.60. The summed E-state index contributed by atoms with van der Waals surface area (Å²) >= 11 is 0. The summed E-state index contributed by atoms with van der Waals surface area (Å²) in [6.07, 6.45) is 4.10. The van der Waals surface area contributed by atoms with Crippen LogP contribution >= 0.6 is 0 Å². The third-order valence-electron chi connectivity index (χ3n) is 3.12. The summed E-state index contributed by atoms with van der Waals surface area (Å²) in [4.78, 5) is 0. The minimum Gasteiger partial charge on any atom is -0.391 e. The monoisotopic (exact) mass is 201 g/mol. The largest absolute Gasteiger partial charge is 0.391 e. The van der Waals surface area contributed by atoms with Crippen LogP contribution in [0.25, 0.3) is 0 Å². The van der Waals surface area contributed by atoms with Crippen molar-refractivity contribution in [1.82, 2.24) is 0 Å². The minimum atomic E-state index is -0.337. The second-order valence-corrected chi connectivity index (χ2v) is 4.60. The number of aliphatic hydroxyl groups is 1. The van der Waals surface area contributed by atoms with E-state index in [2.05, 4.69) is 27.7 Å². The molecule has 0 aliphatic heterocycles. The zero-order chi connectivity index (χ0) is 11.1. The zero-order valence-electron chi connectivity index (χ0n) is 10.2. The fourth-order valence-electron chi connectivity index (χ4n) is 1.99. The summed E-state index contributed by atoms with van der Waals surface area (Å²) in [5, 5.41) is 9.99. The molecule has 0 radical (unpaired) electrons. The van der Waals surface area contributed by atoms with E-state index in [0.29, 0.717) is 11.8 Å². The van der Waals surface area contributed by atoms with Crippen LogP contribution in [0.1, 0.15) is 53.4 Å². The number of nitrogens with two attached hydrogens (primary N) is 1. The summed E-state index contributed by atoms with van der Waals surface area (Å²) in [5.74, 6) is 0.753. The van der Waals surface area contributed by atoms with Gasteiger partial charge in [0.25, 0.3) is 0 Å². The molecule has 0 spiro atoms. The van der Waals surface area contributed by atoms with Crippen molar-refractivity contribution in [3.05, 3.63) is 0 Å². The van der Waals surface area contributed by atoms with Crippen molar-refractivity contribution < 1.29 is 5.11 Å². The molecule has 0 aliphatic carbocycles. The van der Waals surface area contributed by atoms with Crippen LogP contribution in [0.3, 0.4) is 0 Å². The van der Waals surface area contributed by atoms with Crippen LogP contribution < -0.4 is 5.73 Å². The summed E-state index contributed by atoms with van der Waals surface area (Å²) in [5.41, 5.74) is 6.03. The Balaban J connectivity index is 4.01. The van der Waals surface area contributed by atoms with Gasteiger partial charge in [-0.15, -0.1) is 0 Å². The molecule has 86 valence electrons. The standard InChI is InChI=1S/C12H27NO/c1-5-7-9(3)11(13)12(14)10(4)8-6-2/h9-12,14H,5-8,13H2,1-4H3/t9-,10+,11?,12-/m0/s1. The van der Waals surface area contributed by atoms with Crippen LogP contribution in [0.4, 0.5) is 0 Å². The van der Waals surface area contributed by atoms with E-state index in [4.69, 9.17) is 5.73 Å². The van der Waals surface area contributed by atoms with Gasteiger partial charge in [0.15, 0.2) is 0 Å². The summed E-state index contributed by atoms with van der Waals surface area (Å²) in [6, 6.07) is -0.0588. The highest BCUT2D eigenvalue weighted by Crippen LogP contribution is 2.19. The molecule has 0 aliphatic rings. The fourth-order valence-corrected chi connectivity index (χ4v) is 1.99. The van der Waals surface area contributed by atoms with E-state index in [0.717, 1.165) is 25.7 Å². The molecule has 1 unspecified atom stereocenters. The van der Waals surface area contributed by atoms with Gasteiger partial charge in [-0.05, 0) is 24.7 Å². The zero-order valence-corrected chi connectivity index (χ0v) is 10.2. The van der Waals surface area contributed by atoms with E-state index in [9.17, 15) is 5.11 Å².